The van der Waals surface area contributed by atoms with E-state index >= 15 is 0 Å². The summed E-state index contributed by atoms with van der Waals surface area (Å²) in [6.07, 6.45) is 2.58. The van der Waals surface area contributed by atoms with Crippen LogP contribution in [0.25, 0.3) is 0 Å². The zero-order chi connectivity index (χ0) is 12.9. The molecule has 1 saturated heterocycles. The molecule has 3 atom stereocenters. The van der Waals surface area contributed by atoms with Crippen LogP contribution in [0.5, 0.6) is 0 Å². The lowest BCUT2D eigenvalue weighted by Gasteiger charge is -2.42. The molecule has 0 spiro atoms. The van der Waals surface area contributed by atoms with Gasteiger partial charge in [0.2, 0.25) is 0 Å². The highest BCUT2D eigenvalue weighted by Crippen LogP contribution is 2.21. The SMILES string of the molecule is CCNC(C)(CO)CN1CCC(OC)CC1C. The second-order valence-corrected chi connectivity index (χ2v) is 5.45. The molecule has 17 heavy (non-hydrogen) atoms. The molecule has 0 aromatic carbocycles. The summed E-state index contributed by atoms with van der Waals surface area (Å²) in [6.45, 7) is 9.43. The number of piperidine rings is 1. The minimum absolute atomic E-state index is 0.178. The van der Waals surface area contributed by atoms with Gasteiger partial charge in [0.05, 0.1) is 18.2 Å². The molecule has 0 radical (unpaired) electrons. The van der Waals surface area contributed by atoms with E-state index in [0.717, 1.165) is 32.5 Å². The second-order valence-electron chi connectivity index (χ2n) is 5.45. The fraction of sp³-hybridized carbons (Fsp3) is 1.00. The van der Waals surface area contributed by atoms with Crippen LogP contribution in [0.2, 0.25) is 0 Å². The van der Waals surface area contributed by atoms with Crippen LogP contribution < -0.4 is 5.32 Å². The van der Waals surface area contributed by atoms with E-state index in [1.165, 1.54) is 0 Å². The van der Waals surface area contributed by atoms with E-state index < -0.39 is 0 Å². The molecule has 0 bridgehead atoms. The quantitative estimate of drug-likeness (QED) is 0.727. The molecule has 4 heteroatoms. The summed E-state index contributed by atoms with van der Waals surface area (Å²) < 4.78 is 5.42. The van der Waals surface area contributed by atoms with Gasteiger partial charge in [0, 0.05) is 26.2 Å². The van der Waals surface area contributed by atoms with Crippen LogP contribution in [0.4, 0.5) is 0 Å². The van der Waals surface area contributed by atoms with Crippen molar-refractivity contribution in [3.63, 3.8) is 0 Å². The summed E-state index contributed by atoms with van der Waals surface area (Å²) in [4.78, 5) is 2.45. The summed E-state index contributed by atoms with van der Waals surface area (Å²) in [5.41, 5.74) is -0.192. The summed E-state index contributed by atoms with van der Waals surface area (Å²) in [7, 11) is 1.80. The highest BCUT2D eigenvalue weighted by molar-refractivity contribution is 4.90. The molecule has 1 heterocycles. The molecule has 3 unspecified atom stereocenters. The molecule has 1 rings (SSSR count). The lowest BCUT2D eigenvalue weighted by Crippen LogP contribution is -2.57. The molecule has 0 aromatic rings. The molecular weight excluding hydrogens is 216 g/mol. The summed E-state index contributed by atoms with van der Waals surface area (Å²) in [6, 6.07) is 0.526. The van der Waals surface area contributed by atoms with Crippen LogP contribution in [-0.4, -0.2) is 61.0 Å². The highest BCUT2D eigenvalue weighted by atomic mass is 16.5. The van der Waals surface area contributed by atoms with Crippen molar-refractivity contribution in [3.8, 4) is 0 Å². The van der Waals surface area contributed by atoms with Crippen molar-refractivity contribution in [2.75, 3.05) is 33.4 Å². The van der Waals surface area contributed by atoms with Crippen LogP contribution in [0.15, 0.2) is 0 Å². The number of nitrogens with zero attached hydrogens (tertiary/aromatic N) is 1. The first kappa shape index (κ1) is 14.9. The third kappa shape index (κ3) is 4.21. The Kier molecular flexibility index (Phi) is 5.86. The van der Waals surface area contributed by atoms with Crippen molar-refractivity contribution >= 4 is 0 Å². The first-order valence-corrected chi connectivity index (χ1v) is 6.67. The second kappa shape index (κ2) is 6.69. The summed E-state index contributed by atoms with van der Waals surface area (Å²) in [5.74, 6) is 0. The zero-order valence-corrected chi connectivity index (χ0v) is 11.7. The lowest BCUT2D eigenvalue weighted by molar-refractivity contribution is 0.000929. The molecule has 1 aliphatic heterocycles. The Hall–Kier alpha value is -0.160. The molecule has 0 aromatic heterocycles. The van der Waals surface area contributed by atoms with Crippen molar-refractivity contribution in [2.45, 2.75) is 51.3 Å². The van der Waals surface area contributed by atoms with Crippen molar-refractivity contribution in [2.24, 2.45) is 0 Å². The number of methoxy groups -OCH3 is 1. The third-order valence-corrected chi connectivity index (χ3v) is 3.80. The van der Waals surface area contributed by atoms with Crippen LogP contribution in [-0.2, 0) is 4.74 Å². The Balaban J connectivity index is 2.50. The maximum absolute atomic E-state index is 9.52. The summed E-state index contributed by atoms with van der Waals surface area (Å²) >= 11 is 0. The van der Waals surface area contributed by atoms with Crippen molar-refractivity contribution in [1.82, 2.24) is 10.2 Å². The van der Waals surface area contributed by atoms with Crippen molar-refractivity contribution in [3.05, 3.63) is 0 Å². The third-order valence-electron chi connectivity index (χ3n) is 3.80. The van der Waals surface area contributed by atoms with Gasteiger partial charge in [-0.05, 0) is 33.2 Å². The number of hydrogen-bond acceptors (Lipinski definition) is 4. The molecule has 4 nitrogen and oxygen atoms in total. The van der Waals surface area contributed by atoms with Gasteiger partial charge in [0.15, 0.2) is 0 Å². The number of ether oxygens (including phenoxy) is 1. The van der Waals surface area contributed by atoms with Gasteiger partial charge >= 0.3 is 0 Å². The van der Waals surface area contributed by atoms with Gasteiger partial charge in [0.25, 0.3) is 0 Å². The standard InChI is InChI=1S/C13H28N2O2/c1-5-14-13(3,10-16)9-15-7-6-12(17-4)8-11(15)2/h11-12,14,16H,5-10H2,1-4H3. The molecule has 0 saturated carbocycles. The Morgan fingerprint density at radius 3 is 2.71 bits per heavy atom. The molecule has 1 aliphatic rings. The monoisotopic (exact) mass is 244 g/mol. The van der Waals surface area contributed by atoms with Gasteiger partial charge < -0.3 is 15.2 Å². The van der Waals surface area contributed by atoms with E-state index in [-0.39, 0.29) is 12.1 Å². The van der Waals surface area contributed by atoms with Gasteiger partial charge in [-0.1, -0.05) is 6.92 Å². The Morgan fingerprint density at radius 1 is 1.53 bits per heavy atom. The minimum Gasteiger partial charge on any atom is -0.394 e. The van der Waals surface area contributed by atoms with E-state index in [0.29, 0.717) is 12.1 Å². The fourth-order valence-corrected chi connectivity index (χ4v) is 2.66. The van der Waals surface area contributed by atoms with Crippen LogP contribution in [0.1, 0.15) is 33.6 Å². The number of aliphatic hydroxyl groups excluding tert-OH is 1. The highest BCUT2D eigenvalue weighted by Gasteiger charge is 2.31. The smallest absolute Gasteiger partial charge is 0.0623 e. The zero-order valence-electron chi connectivity index (χ0n) is 11.7. The van der Waals surface area contributed by atoms with E-state index in [1.807, 2.05) is 0 Å². The molecule has 102 valence electrons. The maximum atomic E-state index is 9.52. The molecule has 1 fully saturated rings. The summed E-state index contributed by atoms with van der Waals surface area (Å²) in [5, 5.41) is 12.9. The van der Waals surface area contributed by atoms with Crippen molar-refractivity contribution in [1.29, 1.82) is 0 Å². The normalized spacial score (nSPS) is 30.2. The number of aliphatic hydroxyl groups is 1. The van der Waals surface area contributed by atoms with Gasteiger partial charge in [-0.2, -0.15) is 0 Å². The average molecular weight is 244 g/mol. The van der Waals surface area contributed by atoms with E-state index in [2.05, 4.69) is 31.0 Å². The fourth-order valence-electron chi connectivity index (χ4n) is 2.66. The minimum atomic E-state index is -0.192. The van der Waals surface area contributed by atoms with Crippen LogP contribution >= 0.6 is 0 Å². The number of nitrogens with one attached hydrogen (secondary N) is 1. The lowest BCUT2D eigenvalue weighted by atomic mass is 9.96. The van der Waals surface area contributed by atoms with E-state index in [4.69, 9.17) is 4.74 Å². The molecule has 2 N–H and O–H groups in total. The van der Waals surface area contributed by atoms with E-state index in [9.17, 15) is 5.11 Å². The van der Waals surface area contributed by atoms with Crippen molar-refractivity contribution < 1.29 is 9.84 Å². The molecule has 0 amide bonds. The average Bonchev–Trinajstić information content (AvgIpc) is 2.32. The Labute approximate surface area is 105 Å². The Morgan fingerprint density at radius 2 is 2.24 bits per heavy atom. The number of likely N-dealkylation sites (N-methyl/N-ethyl adjacent to an activating group) is 1. The van der Waals surface area contributed by atoms with Gasteiger partial charge in [0.1, 0.15) is 0 Å². The number of hydrogen-bond donors (Lipinski definition) is 2. The predicted molar refractivity (Wildman–Crippen MR) is 70.2 cm³/mol. The number of rotatable bonds is 6. The van der Waals surface area contributed by atoms with Crippen LogP contribution in [0, 0.1) is 0 Å². The number of likely N-dealkylation sites (tertiary alicyclic amines) is 1. The van der Waals surface area contributed by atoms with Gasteiger partial charge in [-0.25, -0.2) is 0 Å². The predicted octanol–water partition coefficient (Wildman–Crippen LogP) is 0.846. The van der Waals surface area contributed by atoms with E-state index in [1.54, 1.807) is 7.11 Å². The van der Waals surface area contributed by atoms with Crippen LogP contribution in [0.3, 0.4) is 0 Å². The topological polar surface area (TPSA) is 44.7 Å². The molecule has 0 aliphatic carbocycles. The first-order chi connectivity index (χ1) is 8.04. The Bertz CT molecular complexity index is 225. The first-order valence-electron chi connectivity index (χ1n) is 6.67. The maximum Gasteiger partial charge on any atom is 0.0623 e. The van der Waals surface area contributed by atoms with Gasteiger partial charge in [-0.3, -0.25) is 4.90 Å². The molecular formula is C13H28N2O2. The largest absolute Gasteiger partial charge is 0.394 e. The van der Waals surface area contributed by atoms with Gasteiger partial charge in [-0.15, -0.1) is 0 Å².